The summed E-state index contributed by atoms with van der Waals surface area (Å²) in [5.74, 6) is -0.0187. The lowest BCUT2D eigenvalue weighted by Crippen LogP contribution is -2.21. The molecule has 0 aromatic carbocycles. The van der Waals surface area contributed by atoms with Gasteiger partial charge >= 0.3 is 0 Å². The van der Waals surface area contributed by atoms with Gasteiger partial charge in [0.25, 0.3) is 0 Å². The summed E-state index contributed by atoms with van der Waals surface area (Å²) in [7, 11) is 0. The van der Waals surface area contributed by atoms with Gasteiger partial charge in [-0.3, -0.25) is 4.79 Å². The lowest BCUT2D eigenvalue weighted by molar-refractivity contribution is -0.118. The Bertz CT molecular complexity index is 1750. The molecule has 6 heteroatoms. The summed E-state index contributed by atoms with van der Waals surface area (Å²) in [5, 5.41) is 2.96. The summed E-state index contributed by atoms with van der Waals surface area (Å²) in [6, 6.07) is 8.80. The lowest BCUT2D eigenvalue weighted by Gasteiger charge is -2.05. The van der Waals surface area contributed by atoms with Gasteiger partial charge in [0.15, 0.2) is 0 Å². The van der Waals surface area contributed by atoms with Crippen molar-refractivity contribution in [2.24, 2.45) is 0 Å². The smallest absolute Gasteiger partial charge is 0.216 e. The number of aromatic nitrogens is 4. The van der Waals surface area contributed by atoms with Crippen LogP contribution < -0.4 is 5.32 Å². The van der Waals surface area contributed by atoms with Crippen molar-refractivity contribution in [1.29, 1.82) is 0 Å². The van der Waals surface area contributed by atoms with Gasteiger partial charge in [0.05, 0.1) is 22.8 Å². The first-order chi connectivity index (χ1) is 19.2. The zero-order valence-electron chi connectivity index (χ0n) is 25.1. The van der Waals surface area contributed by atoms with Crippen LogP contribution in [0.5, 0.6) is 0 Å². The van der Waals surface area contributed by atoms with Gasteiger partial charge in [-0.15, -0.1) is 0 Å². The van der Waals surface area contributed by atoms with Crippen molar-refractivity contribution in [1.82, 2.24) is 25.3 Å². The second kappa shape index (κ2) is 10.9. The van der Waals surface area contributed by atoms with Gasteiger partial charge < -0.3 is 15.3 Å². The van der Waals surface area contributed by atoms with Crippen LogP contribution in [0.1, 0.15) is 99.4 Å². The number of H-pyrrole nitrogens is 2. The van der Waals surface area contributed by atoms with E-state index in [2.05, 4.69) is 88.0 Å². The van der Waals surface area contributed by atoms with E-state index in [1.54, 1.807) is 6.92 Å². The van der Waals surface area contributed by atoms with Crippen molar-refractivity contribution >= 4 is 50.3 Å². The molecule has 5 rings (SSSR count). The van der Waals surface area contributed by atoms with E-state index < -0.39 is 0 Å². The molecule has 3 aromatic rings. The second-order valence-corrected chi connectivity index (χ2v) is 11.0. The summed E-state index contributed by atoms with van der Waals surface area (Å²) < 4.78 is 0. The molecule has 0 aliphatic carbocycles. The van der Waals surface area contributed by atoms with E-state index in [0.717, 1.165) is 81.7 Å². The Morgan fingerprint density at radius 1 is 0.675 bits per heavy atom. The highest BCUT2D eigenvalue weighted by Gasteiger charge is 2.21. The van der Waals surface area contributed by atoms with Gasteiger partial charge in [-0.1, -0.05) is 20.8 Å². The molecule has 0 atom stereocenters. The fourth-order valence-corrected chi connectivity index (χ4v) is 6.25. The van der Waals surface area contributed by atoms with E-state index in [9.17, 15) is 4.79 Å². The molecule has 0 radical (unpaired) electrons. The standard InChI is InChI=1S/C34H41N5O/c1-9-23-18(4)27-14-28-20(6)25(11-3)33(38-28)17-34-26(12-13-35-22(8)40)21(7)30(39-34)15-29-19(5)24(10-2)32(37-29)16-31(23)36-27/h14-17,36,38H,9-13H2,1-8H3,(H,35,40). The number of hydrogen-bond donors (Lipinski definition) is 3. The molecule has 0 saturated heterocycles. The molecule has 6 nitrogen and oxygen atoms in total. The Morgan fingerprint density at radius 2 is 1.18 bits per heavy atom. The van der Waals surface area contributed by atoms with E-state index in [-0.39, 0.29) is 5.91 Å². The molecule has 1 amide bonds. The molecule has 8 bridgehead atoms. The number of aryl methyl sites for hydroxylation is 4. The van der Waals surface area contributed by atoms with Gasteiger partial charge in [0.1, 0.15) is 0 Å². The minimum Gasteiger partial charge on any atom is -0.356 e. The monoisotopic (exact) mass is 535 g/mol. The van der Waals surface area contributed by atoms with Crippen molar-refractivity contribution in [2.45, 2.75) is 81.1 Å². The molecule has 40 heavy (non-hydrogen) atoms. The number of nitrogens with zero attached hydrogens (tertiary/aromatic N) is 2. The number of rotatable bonds is 6. The molecular formula is C34H41N5O. The number of aromatic amines is 2. The van der Waals surface area contributed by atoms with Crippen LogP contribution >= 0.6 is 0 Å². The normalized spacial score (nSPS) is 13.4. The summed E-state index contributed by atoms with van der Waals surface area (Å²) in [4.78, 5) is 29.3. The summed E-state index contributed by atoms with van der Waals surface area (Å²) in [6.45, 7) is 17.5. The largest absolute Gasteiger partial charge is 0.356 e. The molecule has 3 aromatic heterocycles. The Labute approximate surface area is 237 Å². The van der Waals surface area contributed by atoms with Gasteiger partial charge in [-0.25, -0.2) is 9.97 Å². The fourth-order valence-electron chi connectivity index (χ4n) is 6.25. The predicted molar refractivity (Wildman–Crippen MR) is 168 cm³/mol. The highest BCUT2D eigenvalue weighted by Crippen LogP contribution is 2.37. The number of allylic oxidation sites excluding steroid dienone is 3. The van der Waals surface area contributed by atoms with E-state index >= 15 is 0 Å². The quantitative estimate of drug-likeness (QED) is 0.300. The zero-order chi connectivity index (χ0) is 28.7. The zero-order valence-corrected chi connectivity index (χ0v) is 25.1. The topological polar surface area (TPSA) is 86.5 Å². The molecule has 0 saturated carbocycles. The summed E-state index contributed by atoms with van der Waals surface area (Å²) in [6.07, 6.45) is 3.50. The first kappa shape index (κ1) is 27.6. The number of carbonyl (C=O) groups is 1. The third kappa shape index (κ3) is 4.80. The van der Waals surface area contributed by atoms with Crippen LogP contribution in [-0.2, 0) is 17.6 Å². The second-order valence-electron chi connectivity index (χ2n) is 11.0. The van der Waals surface area contributed by atoms with Gasteiger partial charge in [-0.05, 0) is 122 Å². The number of carbonyl (C=O) groups excluding carboxylic acids is 1. The maximum Gasteiger partial charge on any atom is 0.216 e. The molecule has 208 valence electrons. The van der Waals surface area contributed by atoms with Crippen LogP contribution in [0, 0.1) is 13.8 Å². The lowest BCUT2D eigenvalue weighted by atomic mass is 10.0. The third-order valence-corrected chi connectivity index (χ3v) is 8.61. The van der Waals surface area contributed by atoms with Crippen molar-refractivity contribution in [3.8, 4) is 0 Å². The minimum atomic E-state index is -0.0187. The van der Waals surface area contributed by atoms with E-state index in [0.29, 0.717) is 6.54 Å². The molecule has 0 unspecified atom stereocenters. The fraction of sp³-hybridized carbons (Fsp3) is 0.382. The van der Waals surface area contributed by atoms with Gasteiger partial charge in [0, 0.05) is 35.5 Å². The van der Waals surface area contributed by atoms with Gasteiger partial charge in [0.2, 0.25) is 5.91 Å². The Morgan fingerprint density at radius 3 is 1.65 bits per heavy atom. The van der Waals surface area contributed by atoms with Crippen LogP contribution in [-0.4, -0.2) is 32.4 Å². The van der Waals surface area contributed by atoms with Crippen LogP contribution in [0.25, 0.3) is 44.4 Å². The Kier molecular flexibility index (Phi) is 7.54. The number of amides is 1. The Hall–Kier alpha value is -3.93. The van der Waals surface area contributed by atoms with Crippen molar-refractivity contribution in [2.75, 3.05) is 6.54 Å². The van der Waals surface area contributed by atoms with Crippen molar-refractivity contribution < 1.29 is 4.79 Å². The van der Waals surface area contributed by atoms with E-state index in [1.165, 1.54) is 33.4 Å². The first-order valence-electron chi connectivity index (χ1n) is 14.5. The van der Waals surface area contributed by atoms with E-state index in [1.807, 2.05) is 0 Å². The summed E-state index contributed by atoms with van der Waals surface area (Å²) >= 11 is 0. The van der Waals surface area contributed by atoms with Crippen LogP contribution in [0.2, 0.25) is 0 Å². The number of nitrogens with one attached hydrogen (secondary N) is 3. The van der Waals surface area contributed by atoms with Crippen molar-refractivity contribution in [3.05, 3.63) is 69.3 Å². The molecular weight excluding hydrogens is 494 g/mol. The molecule has 2 aliphatic rings. The highest BCUT2D eigenvalue weighted by atomic mass is 16.1. The maximum absolute atomic E-state index is 11.6. The van der Waals surface area contributed by atoms with Crippen molar-refractivity contribution in [3.63, 3.8) is 0 Å². The molecule has 0 fully saturated rings. The van der Waals surface area contributed by atoms with Crippen LogP contribution in [0.3, 0.4) is 0 Å². The first-order valence-corrected chi connectivity index (χ1v) is 14.5. The average Bonchev–Trinajstić information content (AvgIpc) is 3.57. The maximum atomic E-state index is 11.6. The Balaban J connectivity index is 1.90. The van der Waals surface area contributed by atoms with Crippen LogP contribution in [0.4, 0.5) is 0 Å². The SMILES string of the molecule is CCC1=C(C)c2cc3nc(cc4[nH]c(cc5[nH]c(cc1n2)c(CC)c5C)c(C)c4CC)C(CCNC(C)=O)=C3C. The third-order valence-electron chi connectivity index (χ3n) is 8.61. The molecule has 2 aliphatic heterocycles. The molecule has 3 N–H and O–H groups in total. The average molecular weight is 536 g/mol. The number of hydrogen-bond acceptors (Lipinski definition) is 3. The number of fused-ring (bicyclic) bond motifs is 8. The molecule has 0 spiro atoms. The molecule has 5 heterocycles. The predicted octanol–water partition coefficient (Wildman–Crippen LogP) is 7.85. The summed E-state index contributed by atoms with van der Waals surface area (Å²) in [5.41, 5.74) is 18.3. The van der Waals surface area contributed by atoms with Gasteiger partial charge in [-0.2, -0.15) is 0 Å². The van der Waals surface area contributed by atoms with Crippen LogP contribution in [0.15, 0.2) is 24.3 Å². The minimum absolute atomic E-state index is 0.0187. The van der Waals surface area contributed by atoms with E-state index in [4.69, 9.17) is 9.97 Å². The highest BCUT2D eigenvalue weighted by molar-refractivity contribution is 5.95.